The van der Waals surface area contributed by atoms with Gasteiger partial charge in [-0.15, -0.1) is 0 Å². The first-order chi connectivity index (χ1) is 18.2. The molecule has 0 spiro atoms. The summed E-state index contributed by atoms with van der Waals surface area (Å²) in [5.41, 5.74) is 2.74. The van der Waals surface area contributed by atoms with Gasteiger partial charge in [-0.1, -0.05) is 132 Å². The molecule has 2 aromatic carbocycles. The number of benzene rings is 2. The van der Waals surface area contributed by atoms with Crippen LogP contribution in [0, 0.1) is 17.8 Å². The zero-order valence-corrected chi connectivity index (χ0v) is 28.2. The normalized spacial score (nSPS) is 22.2. The van der Waals surface area contributed by atoms with Crippen molar-refractivity contribution in [3.8, 4) is 0 Å². The number of rotatable bonds is 6. The van der Waals surface area contributed by atoms with Crippen molar-refractivity contribution in [2.45, 2.75) is 125 Å². The van der Waals surface area contributed by atoms with Gasteiger partial charge in [-0.3, -0.25) is 4.79 Å². The maximum Gasteiger partial charge on any atom is 0.314 e. The van der Waals surface area contributed by atoms with E-state index in [0.29, 0.717) is 17.8 Å². The van der Waals surface area contributed by atoms with Crippen molar-refractivity contribution in [1.29, 1.82) is 0 Å². The third-order valence-electron chi connectivity index (χ3n) is 8.72. The second-order valence-corrected chi connectivity index (χ2v) is 18.5. The van der Waals surface area contributed by atoms with Gasteiger partial charge in [-0.05, 0) is 63.5 Å². The molecule has 4 atom stereocenters. The lowest BCUT2D eigenvalue weighted by Gasteiger charge is -2.38. The molecule has 222 valence electrons. The molecule has 0 aromatic heterocycles. The highest BCUT2D eigenvalue weighted by molar-refractivity contribution is 7.79. The van der Waals surface area contributed by atoms with Gasteiger partial charge in [0.2, 0.25) is 0 Å². The Hall–Kier alpha value is -1.86. The van der Waals surface area contributed by atoms with Crippen LogP contribution in [-0.4, -0.2) is 18.2 Å². The molecular weight excluding hydrogens is 511 g/mol. The van der Waals surface area contributed by atoms with Gasteiger partial charge in [0.15, 0.2) is 7.14 Å². The van der Waals surface area contributed by atoms with Gasteiger partial charge in [0.05, 0.1) is 0 Å². The molecule has 1 aliphatic carbocycles. The third kappa shape index (κ3) is 7.31. The van der Waals surface area contributed by atoms with E-state index >= 15 is 4.57 Å². The van der Waals surface area contributed by atoms with Gasteiger partial charge in [0.1, 0.15) is 12.3 Å². The summed E-state index contributed by atoms with van der Waals surface area (Å²) in [6.45, 7) is 26.5. The highest BCUT2D eigenvalue weighted by Gasteiger charge is 2.42. The maximum absolute atomic E-state index is 15.7. The minimum Gasteiger partial charge on any atom is -0.462 e. The lowest BCUT2D eigenvalue weighted by atomic mass is 9.75. The number of hydrogen-bond donors (Lipinski definition) is 0. The van der Waals surface area contributed by atoms with E-state index in [2.05, 4.69) is 95.2 Å². The number of esters is 1. The van der Waals surface area contributed by atoms with Gasteiger partial charge in [0, 0.05) is 10.6 Å². The Kier molecular flexibility index (Phi) is 9.63. The first-order valence-corrected chi connectivity index (χ1v) is 17.2. The highest BCUT2D eigenvalue weighted by Crippen LogP contribution is 2.50. The predicted octanol–water partition coefficient (Wildman–Crippen LogP) is 8.90. The molecule has 0 unspecified atom stereocenters. The zero-order valence-electron chi connectivity index (χ0n) is 27.4. The molecule has 1 saturated carbocycles. The van der Waals surface area contributed by atoms with Gasteiger partial charge in [-0.2, -0.15) is 0 Å². The molecule has 0 saturated heterocycles. The van der Waals surface area contributed by atoms with Crippen LogP contribution in [0.5, 0.6) is 0 Å². The molecule has 2 aromatic rings. The standard InChI is InChI=1S/C36H55O3P/c1-24(2)28-19-18-25(3)20-31(28)39-32(37)23-40(38,27-16-14-13-15-17-27)33-29(35(7,8)9)21-26(34(4,5)6)22-30(33)36(10,11)12/h13-17,21-22,24-25,28,31H,18-20,23H2,1-12H3/t25-,28+,31-,40+/m1/s1. The smallest absolute Gasteiger partial charge is 0.314 e. The SMILES string of the molecule is CC(C)[C@@H]1CC[C@@H](C)C[C@H]1OC(=O)C[P@](=O)(c1ccccc1)c1c(C(C)(C)C)cc(C(C)(C)C)cc1C(C)(C)C. The summed E-state index contributed by atoms with van der Waals surface area (Å²) in [5, 5.41) is 1.57. The Balaban J connectivity index is 2.26. The molecule has 0 amide bonds. The van der Waals surface area contributed by atoms with Crippen LogP contribution in [0.4, 0.5) is 0 Å². The van der Waals surface area contributed by atoms with E-state index in [4.69, 9.17) is 4.74 Å². The summed E-state index contributed by atoms with van der Waals surface area (Å²) in [6, 6.07) is 14.2. The van der Waals surface area contributed by atoms with Crippen molar-refractivity contribution in [2.75, 3.05) is 6.16 Å². The van der Waals surface area contributed by atoms with Crippen molar-refractivity contribution in [2.24, 2.45) is 17.8 Å². The number of ether oxygens (including phenoxy) is 1. The topological polar surface area (TPSA) is 43.4 Å². The molecule has 0 aliphatic heterocycles. The van der Waals surface area contributed by atoms with E-state index in [9.17, 15) is 4.79 Å². The maximum atomic E-state index is 15.7. The summed E-state index contributed by atoms with van der Waals surface area (Å²) >= 11 is 0. The molecule has 1 aliphatic rings. The van der Waals surface area contributed by atoms with Gasteiger partial charge >= 0.3 is 5.97 Å². The van der Waals surface area contributed by atoms with Crippen molar-refractivity contribution in [1.82, 2.24) is 0 Å². The van der Waals surface area contributed by atoms with E-state index in [1.54, 1.807) is 0 Å². The molecule has 3 rings (SSSR count). The van der Waals surface area contributed by atoms with E-state index in [0.717, 1.165) is 34.6 Å². The van der Waals surface area contributed by atoms with Crippen LogP contribution in [0.3, 0.4) is 0 Å². The van der Waals surface area contributed by atoms with Crippen LogP contribution >= 0.6 is 7.14 Å². The van der Waals surface area contributed by atoms with E-state index in [-0.39, 0.29) is 34.5 Å². The van der Waals surface area contributed by atoms with Gasteiger partial charge < -0.3 is 9.30 Å². The minimum absolute atomic E-state index is 0.0717. The Morgan fingerprint density at radius 1 is 0.875 bits per heavy atom. The fourth-order valence-corrected chi connectivity index (χ4v) is 9.48. The van der Waals surface area contributed by atoms with E-state index < -0.39 is 7.14 Å². The average Bonchev–Trinajstić information content (AvgIpc) is 2.81. The van der Waals surface area contributed by atoms with Crippen molar-refractivity contribution in [3.63, 3.8) is 0 Å². The molecule has 40 heavy (non-hydrogen) atoms. The van der Waals surface area contributed by atoms with Crippen LogP contribution in [0.2, 0.25) is 0 Å². The minimum atomic E-state index is -3.42. The van der Waals surface area contributed by atoms with Gasteiger partial charge in [0.25, 0.3) is 0 Å². The molecule has 4 heteroatoms. The Morgan fingerprint density at radius 3 is 1.85 bits per heavy atom. The third-order valence-corrected chi connectivity index (χ3v) is 11.8. The number of carbonyl (C=O) groups excluding carboxylic acids is 1. The molecule has 1 fully saturated rings. The van der Waals surface area contributed by atoms with Gasteiger partial charge in [-0.25, -0.2) is 0 Å². The summed E-state index contributed by atoms with van der Waals surface area (Å²) < 4.78 is 22.0. The lowest BCUT2D eigenvalue weighted by Crippen LogP contribution is -2.39. The summed E-state index contributed by atoms with van der Waals surface area (Å²) in [4.78, 5) is 13.9. The van der Waals surface area contributed by atoms with Crippen LogP contribution in [0.15, 0.2) is 42.5 Å². The van der Waals surface area contributed by atoms with Crippen molar-refractivity contribution in [3.05, 3.63) is 59.2 Å². The van der Waals surface area contributed by atoms with Crippen LogP contribution in [-0.2, 0) is 30.3 Å². The second kappa shape index (κ2) is 11.8. The summed E-state index contributed by atoms with van der Waals surface area (Å²) in [5.74, 6) is 0.976. The monoisotopic (exact) mass is 566 g/mol. The quantitative estimate of drug-likeness (QED) is 0.259. The highest BCUT2D eigenvalue weighted by atomic mass is 31.2. The molecule has 0 bridgehead atoms. The summed E-state index contributed by atoms with van der Waals surface area (Å²) in [6.07, 6.45) is 2.89. The Labute approximate surface area is 245 Å². The first kappa shape index (κ1) is 32.7. The van der Waals surface area contributed by atoms with Crippen molar-refractivity contribution >= 4 is 23.7 Å². The zero-order chi connectivity index (χ0) is 30.3. The molecule has 3 nitrogen and oxygen atoms in total. The van der Waals surface area contributed by atoms with Crippen LogP contribution in [0.1, 0.15) is 119 Å². The molecule has 0 N–H and O–H groups in total. The van der Waals surface area contributed by atoms with Crippen LogP contribution in [0.25, 0.3) is 0 Å². The Morgan fingerprint density at radius 2 is 1.40 bits per heavy atom. The lowest BCUT2D eigenvalue weighted by molar-refractivity contribution is -0.152. The van der Waals surface area contributed by atoms with Crippen molar-refractivity contribution < 1.29 is 14.1 Å². The molecule has 0 radical (unpaired) electrons. The average molecular weight is 567 g/mol. The number of carbonyl (C=O) groups is 1. The van der Waals surface area contributed by atoms with E-state index in [1.807, 2.05) is 30.3 Å². The number of hydrogen-bond acceptors (Lipinski definition) is 3. The van der Waals surface area contributed by atoms with Crippen LogP contribution < -0.4 is 10.6 Å². The fourth-order valence-electron chi connectivity index (χ4n) is 6.21. The second-order valence-electron chi connectivity index (χ2n) is 15.8. The molecular formula is C36H55O3P. The first-order valence-electron chi connectivity index (χ1n) is 15.3. The predicted molar refractivity (Wildman–Crippen MR) is 172 cm³/mol. The Bertz CT molecular complexity index is 1190. The molecule has 0 heterocycles. The van der Waals surface area contributed by atoms with E-state index in [1.165, 1.54) is 12.0 Å². The fraction of sp³-hybridized carbons (Fsp3) is 0.639. The largest absolute Gasteiger partial charge is 0.462 e. The summed E-state index contributed by atoms with van der Waals surface area (Å²) in [7, 11) is -3.42.